The van der Waals surface area contributed by atoms with Gasteiger partial charge in [0.05, 0.1) is 0 Å². The van der Waals surface area contributed by atoms with Crippen LogP contribution >= 0.6 is 0 Å². The molecule has 20 heavy (non-hydrogen) atoms. The molecule has 0 saturated carbocycles. The smallest absolute Gasteiger partial charge is 0.339 e. The van der Waals surface area contributed by atoms with Crippen molar-refractivity contribution in [1.82, 2.24) is 0 Å². The first kappa shape index (κ1) is 14.4. The van der Waals surface area contributed by atoms with Crippen LogP contribution in [0.15, 0.2) is 53.4 Å². The average molecular weight is 291 g/mol. The number of rotatable bonds is 4. The van der Waals surface area contributed by atoms with Gasteiger partial charge in [0.15, 0.2) is 0 Å². The van der Waals surface area contributed by atoms with Crippen LogP contribution < -0.4 is 9.08 Å². The van der Waals surface area contributed by atoms with Crippen molar-refractivity contribution in [3.05, 3.63) is 54.1 Å². The van der Waals surface area contributed by atoms with Gasteiger partial charge in [-0.15, -0.1) is 0 Å². The van der Waals surface area contributed by atoms with Crippen molar-refractivity contribution in [3.63, 3.8) is 0 Å². The van der Waals surface area contributed by atoms with Crippen molar-refractivity contribution in [1.29, 1.82) is 0 Å². The minimum atomic E-state index is -3.79. The van der Waals surface area contributed by atoms with Gasteiger partial charge in [-0.25, -0.2) is 0 Å². The Balaban J connectivity index is 2.28. The van der Waals surface area contributed by atoms with Gasteiger partial charge in [-0.1, -0.05) is 23.8 Å². The summed E-state index contributed by atoms with van der Waals surface area (Å²) in [6.07, 6.45) is 0. The van der Waals surface area contributed by atoms with Crippen molar-refractivity contribution < 1.29 is 12.6 Å². The number of hydrogen-bond acceptors (Lipinski definition) is 4. The van der Waals surface area contributed by atoms with E-state index >= 15 is 0 Å². The van der Waals surface area contributed by atoms with Crippen LogP contribution in [0.2, 0.25) is 0 Å². The lowest BCUT2D eigenvalue weighted by molar-refractivity contribution is 0.486. The van der Waals surface area contributed by atoms with Crippen molar-refractivity contribution >= 4 is 15.8 Å². The summed E-state index contributed by atoms with van der Waals surface area (Å²) in [5, 5.41) is 0. The predicted molar refractivity (Wildman–Crippen MR) is 79.8 cm³/mol. The maximum atomic E-state index is 12.2. The van der Waals surface area contributed by atoms with E-state index in [2.05, 4.69) is 0 Å². The quantitative estimate of drug-likeness (QED) is 0.813. The van der Waals surface area contributed by atoms with Gasteiger partial charge in [0.2, 0.25) is 0 Å². The fourth-order valence-corrected chi connectivity index (χ4v) is 2.62. The lowest BCUT2D eigenvalue weighted by atomic mass is 10.2. The molecule has 2 rings (SSSR count). The molecule has 0 N–H and O–H groups in total. The third-order valence-corrected chi connectivity index (χ3v) is 4.11. The largest absolute Gasteiger partial charge is 0.379 e. The van der Waals surface area contributed by atoms with E-state index in [9.17, 15) is 8.42 Å². The molecule has 2 aromatic rings. The lowest BCUT2D eigenvalue weighted by Crippen LogP contribution is -2.11. The van der Waals surface area contributed by atoms with E-state index < -0.39 is 10.1 Å². The second kappa shape index (κ2) is 5.54. The Morgan fingerprint density at radius 3 is 2.25 bits per heavy atom. The molecule has 4 nitrogen and oxygen atoms in total. The second-order valence-electron chi connectivity index (χ2n) is 4.74. The molecule has 0 aliphatic heterocycles. The number of nitrogens with zero attached hydrogens (tertiary/aromatic N) is 1. The summed E-state index contributed by atoms with van der Waals surface area (Å²) in [5.74, 6) is 0.303. The molecule has 0 fully saturated rings. The molecule has 0 aromatic heterocycles. The Hall–Kier alpha value is -2.01. The van der Waals surface area contributed by atoms with Crippen LogP contribution in [0, 0.1) is 6.92 Å². The first-order valence-corrected chi connectivity index (χ1v) is 7.58. The van der Waals surface area contributed by atoms with E-state index in [4.69, 9.17) is 4.18 Å². The van der Waals surface area contributed by atoms with Crippen LogP contribution in [0.4, 0.5) is 5.69 Å². The number of benzene rings is 2. The van der Waals surface area contributed by atoms with Crippen LogP contribution in [-0.2, 0) is 10.1 Å². The molecular formula is C15H17NO3S. The van der Waals surface area contributed by atoms with Crippen molar-refractivity contribution in [2.24, 2.45) is 0 Å². The molecule has 0 aliphatic rings. The molecule has 0 bridgehead atoms. The van der Waals surface area contributed by atoms with Gasteiger partial charge in [0.1, 0.15) is 10.6 Å². The first-order chi connectivity index (χ1) is 9.38. The highest BCUT2D eigenvalue weighted by Gasteiger charge is 2.16. The van der Waals surface area contributed by atoms with Gasteiger partial charge < -0.3 is 9.08 Å². The number of aryl methyl sites for hydroxylation is 1. The Morgan fingerprint density at radius 2 is 1.65 bits per heavy atom. The number of anilines is 1. The molecule has 0 spiro atoms. The van der Waals surface area contributed by atoms with Gasteiger partial charge in [-0.2, -0.15) is 8.42 Å². The van der Waals surface area contributed by atoms with E-state index in [1.54, 1.807) is 42.5 Å². The fraction of sp³-hybridized carbons (Fsp3) is 0.200. The lowest BCUT2D eigenvalue weighted by Gasteiger charge is -2.14. The van der Waals surface area contributed by atoms with E-state index in [1.807, 2.05) is 32.0 Å². The zero-order valence-corrected chi connectivity index (χ0v) is 12.5. The van der Waals surface area contributed by atoms with Crippen LogP contribution in [0.3, 0.4) is 0 Å². The van der Waals surface area contributed by atoms with Crippen LogP contribution in [-0.4, -0.2) is 22.5 Å². The second-order valence-corrected chi connectivity index (χ2v) is 6.29. The normalized spacial score (nSPS) is 11.2. The maximum absolute atomic E-state index is 12.2. The Kier molecular flexibility index (Phi) is 3.99. The summed E-state index contributed by atoms with van der Waals surface area (Å²) in [4.78, 5) is 2.03. The van der Waals surface area contributed by atoms with E-state index in [1.165, 1.54) is 0 Å². The zero-order valence-electron chi connectivity index (χ0n) is 11.7. The minimum Gasteiger partial charge on any atom is -0.379 e. The molecule has 0 unspecified atom stereocenters. The molecule has 0 atom stereocenters. The molecular weight excluding hydrogens is 274 g/mol. The molecule has 0 amide bonds. The Morgan fingerprint density at radius 1 is 1.00 bits per heavy atom. The molecule has 0 heterocycles. The topological polar surface area (TPSA) is 46.6 Å². The van der Waals surface area contributed by atoms with E-state index in [0.717, 1.165) is 11.3 Å². The van der Waals surface area contributed by atoms with Gasteiger partial charge in [-0.05, 0) is 31.2 Å². The third kappa shape index (κ3) is 3.30. The number of hydrogen-bond donors (Lipinski definition) is 0. The predicted octanol–water partition coefficient (Wildman–Crippen LogP) is 2.83. The fourth-order valence-electron chi connectivity index (χ4n) is 1.69. The monoisotopic (exact) mass is 291 g/mol. The van der Waals surface area contributed by atoms with Crippen molar-refractivity contribution in [2.75, 3.05) is 19.0 Å². The van der Waals surface area contributed by atoms with Gasteiger partial charge in [0, 0.05) is 25.8 Å². The van der Waals surface area contributed by atoms with Gasteiger partial charge >= 0.3 is 10.1 Å². The zero-order chi connectivity index (χ0) is 14.8. The Labute approximate surface area is 119 Å². The molecule has 0 saturated heterocycles. The summed E-state index contributed by atoms with van der Waals surface area (Å²) in [7, 11) is -0.0260. The Bertz CT molecular complexity index is 691. The molecule has 0 aliphatic carbocycles. The van der Waals surface area contributed by atoms with E-state index in [-0.39, 0.29) is 4.90 Å². The maximum Gasteiger partial charge on any atom is 0.339 e. The van der Waals surface area contributed by atoms with Gasteiger partial charge in [-0.3, -0.25) is 0 Å². The average Bonchev–Trinajstić information content (AvgIpc) is 2.39. The van der Waals surface area contributed by atoms with Crippen molar-refractivity contribution in [2.45, 2.75) is 11.8 Å². The summed E-state index contributed by atoms with van der Waals surface area (Å²) in [6, 6.07) is 13.5. The molecule has 106 valence electrons. The highest BCUT2D eigenvalue weighted by atomic mass is 32.2. The summed E-state index contributed by atoms with van der Waals surface area (Å²) in [5.41, 5.74) is 1.88. The van der Waals surface area contributed by atoms with Crippen molar-refractivity contribution in [3.8, 4) is 5.75 Å². The summed E-state index contributed by atoms with van der Waals surface area (Å²) >= 11 is 0. The molecule has 0 radical (unpaired) electrons. The van der Waals surface area contributed by atoms with E-state index in [0.29, 0.717) is 5.75 Å². The standard InChI is InChI=1S/C15H17NO3S/c1-12-7-9-15(10-8-12)20(17,18)19-14-6-4-5-13(11-14)16(2)3/h4-11H,1-3H3. The summed E-state index contributed by atoms with van der Waals surface area (Å²) < 4.78 is 29.5. The SMILES string of the molecule is Cc1ccc(S(=O)(=O)Oc2cccc(N(C)C)c2)cc1. The van der Waals surface area contributed by atoms with Crippen LogP contribution in [0.5, 0.6) is 5.75 Å². The molecule has 2 aromatic carbocycles. The molecule has 5 heteroatoms. The summed E-state index contributed by atoms with van der Waals surface area (Å²) in [6.45, 7) is 1.90. The first-order valence-electron chi connectivity index (χ1n) is 6.17. The third-order valence-electron chi connectivity index (χ3n) is 2.85. The highest BCUT2D eigenvalue weighted by molar-refractivity contribution is 7.87. The van der Waals surface area contributed by atoms with Gasteiger partial charge in [0.25, 0.3) is 0 Å². The van der Waals surface area contributed by atoms with Crippen LogP contribution in [0.1, 0.15) is 5.56 Å². The minimum absolute atomic E-state index is 0.151. The van der Waals surface area contributed by atoms with Crippen LogP contribution in [0.25, 0.3) is 0 Å². The highest BCUT2D eigenvalue weighted by Crippen LogP contribution is 2.23.